The molecule has 0 aliphatic heterocycles. The highest BCUT2D eigenvalue weighted by Crippen LogP contribution is 2.25. The van der Waals surface area contributed by atoms with Gasteiger partial charge >= 0.3 is 4.87 Å². The fourth-order valence-corrected chi connectivity index (χ4v) is 3.13. The van der Waals surface area contributed by atoms with Gasteiger partial charge < -0.3 is 4.98 Å². The Morgan fingerprint density at radius 2 is 1.84 bits per heavy atom. The summed E-state index contributed by atoms with van der Waals surface area (Å²) in [5, 5.41) is 0. The monoisotopic (exact) mass is 340 g/mol. The zero-order chi connectivity index (χ0) is 13.8. The summed E-state index contributed by atoms with van der Waals surface area (Å²) in [5.74, 6) is 0. The molecule has 5 heteroatoms. The van der Waals surface area contributed by atoms with E-state index in [0.717, 1.165) is 40.2 Å². The van der Waals surface area contributed by atoms with Gasteiger partial charge in [-0.25, -0.2) is 0 Å². The number of hydrogen-bond donors (Lipinski definition) is 1. The standard InChI is InChI=1S/C14H17BrN2OS/c1-3-17(4-2)9-12-13(16-14(18)19-12)10-5-7-11(15)8-6-10/h5-8H,3-4,9H2,1-2H3,(H,16,18). The Balaban J connectivity index is 2.35. The molecule has 0 spiro atoms. The lowest BCUT2D eigenvalue weighted by Gasteiger charge is -2.17. The molecule has 1 aromatic heterocycles. The molecule has 0 saturated heterocycles. The van der Waals surface area contributed by atoms with Crippen LogP contribution in [0.4, 0.5) is 0 Å². The first-order valence-corrected chi connectivity index (χ1v) is 7.95. The second-order valence-electron chi connectivity index (χ2n) is 4.28. The predicted molar refractivity (Wildman–Crippen MR) is 84.7 cm³/mol. The van der Waals surface area contributed by atoms with E-state index in [-0.39, 0.29) is 4.87 Å². The smallest absolute Gasteiger partial charge is 0.305 e. The van der Waals surface area contributed by atoms with E-state index in [9.17, 15) is 4.79 Å². The van der Waals surface area contributed by atoms with Gasteiger partial charge in [0, 0.05) is 15.9 Å². The van der Waals surface area contributed by atoms with E-state index in [1.165, 1.54) is 11.3 Å². The average molecular weight is 341 g/mol. The van der Waals surface area contributed by atoms with Crippen LogP contribution < -0.4 is 4.87 Å². The minimum atomic E-state index is 0.0140. The SMILES string of the molecule is CCN(CC)Cc1sc(=O)[nH]c1-c1ccc(Br)cc1. The van der Waals surface area contributed by atoms with Gasteiger partial charge in [-0.05, 0) is 30.8 Å². The van der Waals surface area contributed by atoms with Gasteiger partial charge in [0.05, 0.1) is 5.69 Å². The van der Waals surface area contributed by atoms with Gasteiger partial charge in [-0.15, -0.1) is 0 Å². The largest absolute Gasteiger partial charge is 0.312 e. The lowest BCUT2D eigenvalue weighted by atomic mass is 10.1. The van der Waals surface area contributed by atoms with Gasteiger partial charge in [-0.3, -0.25) is 9.69 Å². The maximum atomic E-state index is 11.6. The molecule has 0 atom stereocenters. The number of thiazole rings is 1. The van der Waals surface area contributed by atoms with Crippen molar-refractivity contribution < 1.29 is 0 Å². The van der Waals surface area contributed by atoms with Crippen molar-refractivity contribution >= 4 is 27.3 Å². The number of halogens is 1. The molecule has 1 aromatic carbocycles. The Labute approximate surface area is 125 Å². The maximum Gasteiger partial charge on any atom is 0.305 e. The van der Waals surface area contributed by atoms with Crippen LogP contribution in [0.2, 0.25) is 0 Å². The Hall–Kier alpha value is -0.910. The molecular weight excluding hydrogens is 324 g/mol. The average Bonchev–Trinajstić information content (AvgIpc) is 2.77. The zero-order valence-electron chi connectivity index (χ0n) is 11.1. The molecule has 0 unspecified atom stereocenters. The fourth-order valence-electron chi connectivity index (χ4n) is 1.97. The molecule has 0 amide bonds. The fraction of sp³-hybridized carbons (Fsp3) is 0.357. The number of rotatable bonds is 5. The molecule has 0 radical (unpaired) electrons. The Morgan fingerprint density at radius 1 is 1.21 bits per heavy atom. The van der Waals surface area contributed by atoms with Crippen molar-refractivity contribution in [3.63, 3.8) is 0 Å². The molecule has 3 nitrogen and oxygen atoms in total. The number of benzene rings is 1. The third kappa shape index (κ3) is 3.55. The van der Waals surface area contributed by atoms with Crippen LogP contribution in [0.25, 0.3) is 11.3 Å². The molecule has 2 aromatic rings. The maximum absolute atomic E-state index is 11.6. The highest BCUT2D eigenvalue weighted by molar-refractivity contribution is 9.10. The molecule has 102 valence electrons. The Morgan fingerprint density at radius 3 is 2.42 bits per heavy atom. The quantitative estimate of drug-likeness (QED) is 0.900. The van der Waals surface area contributed by atoms with Crippen molar-refractivity contribution in [2.24, 2.45) is 0 Å². The first-order chi connectivity index (χ1) is 9.13. The van der Waals surface area contributed by atoms with Gasteiger partial charge in [0.25, 0.3) is 0 Å². The predicted octanol–water partition coefficient (Wildman–Crippen LogP) is 3.71. The van der Waals surface area contributed by atoms with Crippen molar-refractivity contribution in [3.05, 3.63) is 43.3 Å². The minimum Gasteiger partial charge on any atom is -0.312 e. The minimum absolute atomic E-state index is 0.0140. The third-order valence-corrected chi connectivity index (χ3v) is 4.51. The molecule has 0 aliphatic carbocycles. The van der Waals surface area contributed by atoms with Crippen LogP contribution in [0.5, 0.6) is 0 Å². The number of nitrogens with one attached hydrogen (secondary N) is 1. The molecule has 0 saturated carbocycles. The number of nitrogens with zero attached hydrogens (tertiary/aromatic N) is 1. The number of hydrogen-bond acceptors (Lipinski definition) is 3. The van der Waals surface area contributed by atoms with Crippen molar-refractivity contribution in [1.29, 1.82) is 0 Å². The van der Waals surface area contributed by atoms with Gasteiger partial charge in [0.1, 0.15) is 0 Å². The van der Waals surface area contributed by atoms with Gasteiger partial charge in [-0.2, -0.15) is 0 Å². The molecule has 1 heterocycles. The normalized spacial score (nSPS) is 11.2. The van der Waals surface area contributed by atoms with Crippen LogP contribution in [0.15, 0.2) is 33.5 Å². The van der Waals surface area contributed by atoms with Crippen molar-refractivity contribution in [2.75, 3.05) is 13.1 Å². The van der Waals surface area contributed by atoms with E-state index in [1.807, 2.05) is 24.3 Å². The van der Waals surface area contributed by atoms with E-state index in [0.29, 0.717) is 0 Å². The summed E-state index contributed by atoms with van der Waals surface area (Å²) in [5.41, 5.74) is 2.01. The van der Waals surface area contributed by atoms with E-state index < -0.39 is 0 Å². The summed E-state index contributed by atoms with van der Waals surface area (Å²) in [6.07, 6.45) is 0. The Kier molecular flexibility index (Phi) is 4.96. The lowest BCUT2D eigenvalue weighted by Crippen LogP contribution is -2.21. The summed E-state index contributed by atoms with van der Waals surface area (Å²) >= 11 is 4.73. The van der Waals surface area contributed by atoms with Gasteiger partial charge in [-0.1, -0.05) is 53.2 Å². The second-order valence-corrected chi connectivity index (χ2v) is 6.26. The molecule has 19 heavy (non-hydrogen) atoms. The van der Waals surface area contributed by atoms with E-state index >= 15 is 0 Å². The van der Waals surface area contributed by atoms with E-state index in [4.69, 9.17) is 0 Å². The van der Waals surface area contributed by atoms with Crippen molar-refractivity contribution in [3.8, 4) is 11.3 Å². The lowest BCUT2D eigenvalue weighted by molar-refractivity contribution is 0.298. The van der Waals surface area contributed by atoms with Gasteiger partial charge in [0.2, 0.25) is 0 Å². The van der Waals surface area contributed by atoms with Crippen LogP contribution >= 0.6 is 27.3 Å². The first kappa shape index (κ1) is 14.5. The van der Waals surface area contributed by atoms with E-state index in [2.05, 4.69) is 39.7 Å². The summed E-state index contributed by atoms with van der Waals surface area (Å²) in [6, 6.07) is 8.03. The highest BCUT2D eigenvalue weighted by Gasteiger charge is 2.12. The van der Waals surface area contributed by atoms with Gasteiger partial charge in [0.15, 0.2) is 0 Å². The second kappa shape index (κ2) is 6.50. The summed E-state index contributed by atoms with van der Waals surface area (Å²) in [6.45, 7) is 7.07. The first-order valence-electron chi connectivity index (χ1n) is 6.34. The highest BCUT2D eigenvalue weighted by atomic mass is 79.9. The van der Waals surface area contributed by atoms with Crippen LogP contribution in [-0.4, -0.2) is 23.0 Å². The van der Waals surface area contributed by atoms with E-state index in [1.54, 1.807) is 0 Å². The van der Waals surface area contributed by atoms with Crippen molar-refractivity contribution in [1.82, 2.24) is 9.88 Å². The number of aromatic nitrogens is 1. The molecular formula is C14H17BrN2OS. The topological polar surface area (TPSA) is 36.1 Å². The molecule has 2 rings (SSSR count). The van der Waals surface area contributed by atoms with Crippen molar-refractivity contribution in [2.45, 2.75) is 20.4 Å². The summed E-state index contributed by atoms with van der Waals surface area (Å²) in [4.78, 5) is 18.0. The van der Waals surface area contributed by atoms with Crippen LogP contribution in [-0.2, 0) is 6.54 Å². The molecule has 0 fully saturated rings. The molecule has 0 bridgehead atoms. The molecule has 1 N–H and O–H groups in total. The summed E-state index contributed by atoms with van der Waals surface area (Å²) in [7, 11) is 0. The number of H-pyrrole nitrogens is 1. The van der Waals surface area contributed by atoms with Crippen LogP contribution in [0.1, 0.15) is 18.7 Å². The zero-order valence-corrected chi connectivity index (χ0v) is 13.5. The molecule has 0 aliphatic rings. The van der Waals surface area contributed by atoms with Crippen LogP contribution in [0.3, 0.4) is 0 Å². The Bertz CT molecular complexity index is 584. The third-order valence-electron chi connectivity index (χ3n) is 3.12. The van der Waals surface area contributed by atoms with Crippen LogP contribution in [0, 0.1) is 0 Å². The summed E-state index contributed by atoms with van der Waals surface area (Å²) < 4.78 is 1.04. The number of aromatic amines is 1.